The second kappa shape index (κ2) is 4.88. The molecule has 0 aliphatic heterocycles. The van der Waals surface area contributed by atoms with Crippen molar-refractivity contribution < 1.29 is 13.9 Å². The fourth-order valence-corrected chi connectivity index (χ4v) is 0.561. The first-order valence-corrected chi connectivity index (χ1v) is 3.62. The van der Waals surface area contributed by atoms with Crippen LogP contribution < -0.4 is 0 Å². The second-order valence-corrected chi connectivity index (χ2v) is 2.48. The molecule has 0 spiro atoms. The van der Waals surface area contributed by atoms with Crippen LogP contribution in [-0.4, -0.2) is 12.6 Å². The van der Waals surface area contributed by atoms with Crippen LogP contribution in [-0.2, 0) is 9.53 Å². The van der Waals surface area contributed by atoms with Gasteiger partial charge in [-0.2, -0.15) is 4.39 Å². The standard InChI is InChI=1S/C8H13FO2/c1-4-11-8(10)7(9)5-6(2)3/h5-6H,4H2,1-3H3/b7-5-. The summed E-state index contributed by atoms with van der Waals surface area (Å²) in [6.45, 7) is 5.43. The van der Waals surface area contributed by atoms with Crippen LogP contribution in [0, 0.1) is 5.92 Å². The molecule has 0 N–H and O–H groups in total. The minimum absolute atomic E-state index is 0.0272. The van der Waals surface area contributed by atoms with Gasteiger partial charge in [0.15, 0.2) is 0 Å². The van der Waals surface area contributed by atoms with Gasteiger partial charge >= 0.3 is 5.97 Å². The van der Waals surface area contributed by atoms with E-state index in [1.165, 1.54) is 6.08 Å². The van der Waals surface area contributed by atoms with Crippen molar-refractivity contribution in [1.29, 1.82) is 0 Å². The van der Waals surface area contributed by atoms with E-state index >= 15 is 0 Å². The molecule has 0 saturated heterocycles. The molecule has 0 aliphatic carbocycles. The predicted molar refractivity (Wildman–Crippen MR) is 40.7 cm³/mol. The number of allylic oxidation sites excluding steroid dienone is 1. The lowest BCUT2D eigenvalue weighted by Crippen LogP contribution is -2.04. The quantitative estimate of drug-likeness (QED) is 0.466. The fraction of sp³-hybridized carbons (Fsp3) is 0.625. The van der Waals surface area contributed by atoms with Crippen molar-refractivity contribution in [3.63, 3.8) is 0 Å². The Morgan fingerprint density at radius 1 is 1.64 bits per heavy atom. The van der Waals surface area contributed by atoms with Gasteiger partial charge in [0.25, 0.3) is 0 Å². The van der Waals surface area contributed by atoms with Crippen molar-refractivity contribution >= 4 is 5.97 Å². The molecule has 0 fully saturated rings. The van der Waals surface area contributed by atoms with E-state index in [4.69, 9.17) is 0 Å². The van der Waals surface area contributed by atoms with Gasteiger partial charge in [-0.25, -0.2) is 4.79 Å². The number of hydrogen-bond acceptors (Lipinski definition) is 2. The summed E-state index contributed by atoms with van der Waals surface area (Å²) in [6.07, 6.45) is 1.23. The maximum absolute atomic E-state index is 12.6. The van der Waals surface area contributed by atoms with Crippen LogP contribution in [0.5, 0.6) is 0 Å². The second-order valence-electron chi connectivity index (χ2n) is 2.48. The van der Waals surface area contributed by atoms with Crippen molar-refractivity contribution in [2.24, 2.45) is 5.92 Å². The van der Waals surface area contributed by atoms with E-state index in [0.29, 0.717) is 0 Å². The first-order valence-electron chi connectivity index (χ1n) is 3.62. The third-order valence-corrected chi connectivity index (χ3v) is 0.950. The molecule has 0 amide bonds. The molecule has 2 nitrogen and oxygen atoms in total. The largest absolute Gasteiger partial charge is 0.461 e. The van der Waals surface area contributed by atoms with Crippen molar-refractivity contribution in [2.75, 3.05) is 6.61 Å². The van der Waals surface area contributed by atoms with E-state index in [2.05, 4.69) is 4.74 Å². The first-order chi connectivity index (χ1) is 5.07. The van der Waals surface area contributed by atoms with Gasteiger partial charge in [0.05, 0.1) is 6.61 Å². The predicted octanol–water partition coefficient (Wildman–Crippen LogP) is 2.06. The summed E-state index contributed by atoms with van der Waals surface area (Å²) < 4.78 is 17.0. The van der Waals surface area contributed by atoms with E-state index < -0.39 is 11.8 Å². The highest BCUT2D eigenvalue weighted by Crippen LogP contribution is 2.05. The number of halogens is 1. The zero-order chi connectivity index (χ0) is 8.85. The number of esters is 1. The molecule has 0 aromatic rings. The normalized spacial score (nSPS) is 11.9. The Labute approximate surface area is 66.0 Å². The summed E-state index contributed by atoms with van der Waals surface area (Å²) in [5, 5.41) is 0. The Hall–Kier alpha value is -0.860. The molecule has 0 heterocycles. The van der Waals surface area contributed by atoms with Gasteiger partial charge in [-0.05, 0) is 18.9 Å². The Morgan fingerprint density at radius 3 is 2.55 bits per heavy atom. The van der Waals surface area contributed by atoms with Gasteiger partial charge < -0.3 is 4.74 Å². The van der Waals surface area contributed by atoms with E-state index in [1.807, 2.05) is 0 Å². The number of rotatable bonds is 3. The zero-order valence-electron chi connectivity index (χ0n) is 7.06. The van der Waals surface area contributed by atoms with Gasteiger partial charge in [-0.15, -0.1) is 0 Å². The van der Waals surface area contributed by atoms with Gasteiger partial charge in [0.1, 0.15) is 0 Å². The fourth-order valence-electron chi connectivity index (χ4n) is 0.561. The molecule has 3 heteroatoms. The lowest BCUT2D eigenvalue weighted by atomic mass is 10.2. The van der Waals surface area contributed by atoms with Gasteiger partial charge in [-0.3, -0.25) is 0 Å². The number of ether oxygens (including phenoxy) is 1. The monoisotopic (exact) mass is 160 g/mol. The van der Waals surface area contributed by atoms with E-state index in [9.17, 15) is 9.18 Å². The van der Waals surface area contributed by atoms with Crippen LogP contribution in [0.15, 0.2) is 11.9 Å². The topological polar surface area (TPSA) is 26.3 Å². The van der Waals surface area contributed by atoms with Crippen molar-refractivity contribution in [1.82, 2.24) is 0 Å². The molecule has 0 bridgehead atoms. The molecule has 0 unspecified atom stereocenters. The average molecular weight is 160 g/mol. The minimum atomic E-state index is -0.874. The number of hydrogen-bond donors (Lipinski definition) is 0. The molecule has 0 aromatic carbocycles. The summed E-state index contributed by atoms with van der Waals surface area (Å²) in [6, 6.07) is 0. The molecule has 0 aromatic heterocycles. The lowest BCUT2D eigenvalue weighted by Gasteiger charge is -1.99. The van der Waals surface area contributed by atoms with Crippen LogP contribution in [0.25, 0.3) is 0 Å². The van der Waals surface area contributed by atoms with E-state index in [-0.39, 0.29) is 12.5 Å². The molecule has 11 heavy (non-hydrogen) atoms. The summed E-state index contributed by atoms with van der Waals surface area (Å²) in [5.41, 5.74) is 0. The third kappa shape index (κ3) is 4.53. The van der Waals surface area contributed by atoms with Crippen LogP contribution in [0.1, 0.15) is 20.8 Å². The van der Waals surface area contributed by atoms with Gasteiger partial charge in [0, 0.05) is 0 Å². The summed E-state index contributed by atoms with van der Waals surface area (Å²) in [5.74, 6) is -1.65. The van der Waals surface area contributed by atoms with Gasteiger partial charge in [0.2, 0.25) is 5.83 Å². The van der Waals surface area contributed by atoms with Crippen LogP contribution >= 0.6 is 0 Å². The molecule has 0 aliphatic rings. The molecule has 0 rings (SSSR count). The van der Waals surface area contributed by atoms with Gasteiger partial charge in [-0.1, -0.05) is 13.8 Å². The highest BCUT2D eigenvalue weighted by atomic mass is 19.1. The molecule has 0 atom stereocenters. The van der Waals surface area contributed by atoms with Crippen molar-refractivity contribution in [3.8, 4) is 0 Å². The Bertz CT molecular complexity index is 161. The van der Waals surface area contributed by atoms with Crippen molar-refractivity contribution in [2.45, 2.75) is 20.8 Å². The smallest absolute Gasteiger partial charge is 0.366 e. The highest BCUT2D eigenvalue weighted by molar-refractivity contribution is 5.85. The number of carbonyl (C=O) groups excluding carboxylic acids is 1. The maximum Gasteiger partial charge on any atom is 0.366 e. The Morgan fingerprint density at radius 2 is 2.18 bits per heavy atom. The maximum atomic E-state index is 12.6. The van der Waals surface area contributed by atoms with Crippen molar-refractivity contribution in [3.05, 3.63) is 11.9 Å². The Kier molecular flexibility index (Phi) is 4.50. The molecular formula is C8H13FO2. The summed E-state index contributed by atoms with van der Waals surface area (Å²) in [4.78, 5) is 10.6. The number of carbonyl (C=O) groups is 1. The first kappa shape index (κ1) is 10.1. The van der Waals surface area contributed by atoms with Crippen LogP contribution in [0.3, 0.4) is 0 Å². The minimum Gasteiger partial charge on any atom is -0.461 e. The zero-order valence-corrected chi connectivity index (χ0v) is 7.06. The molecule has 0 radical (unpaired) electrons. The molecule has 0 saturated carbocycles. The Balaban J connectivity index is 4.01. The molecule has 64 valence electrons. The van der Waals surface area contributed by atoms with E-state index in [1.54, 1.807) is 20.8 Å². The van der Waals surface area contributed by atoms with Crippen LogP contribution in [0.4, 0.5) is 4.39 Å². The van der Waals surface area contributed by atoms with Crippen LogP contribution in [0.2, 0.25) is 0 Å². The lowest BCUT2D eigenvalue weighted by molar-refractivity contribution is -0.140. The third-order valence-electron chi connectivity index (χ3n) is 0.950. The summed E-state index contributed by atoms with van der Waals surface area (Å²) >= 11 is 0. The average Bonchev–Trinajstić information content (AvgIpc) is 1.86. The molecular weight excluding hydrogens is 147 g/mol. The SMILES string of the molecule is CCOC(=O)/C(F)=C/C(C)C. The summed E-state index contributed by atoms with van der Waals surface area (Å²) in [7, 11) is 0. The highest BCUT2D eigenvalue weighted by Gasteiger charge is 2.08. The van der Waals surface area contributed by atoms with E-state index in [0.717, 1.165) is 0 Å².